The lowest BCUT2D eigenvalue weighted by Gasteiger charge is -2.03. The number of ether oxygens (including phenoxy) is 1. The lowest BCUT2D eigenvalue weighted by atomic mass is 10.2. The third-order valence-corrected chi connectivity index (χ3v) is 2.18. The maximum absolute atomic E-state index is 5.19. The van der Waals surface area contributed by atoms with Crippen LogP contribution < -0.4 is 5.32 Å². The Balaban J connectivity index is 2.73. The average Bonchev–Trinajstić information content (AvgIpc) is 2.10. The molecule has 0 rings (SSSR count). The Hall–Kier alpha value is 0.400. The third-order valence-electron chi connectivity index (χ3n) is 1.61. The number of nitrogens with one attached hydrogen (secondary N) is 1. The Kier molecular flexibility index (Phi) is 11.8. The molecule has 0 aromatic rings. The molecule has 0 aliphatic rings. The summed E-state index contributed by atoms with van der Waals surface area (Å²) in [5.74, 6) is 0. The summed E-state index contributed by atoms with van der Waals surface area (Å²) in [6.07, 6.45) is 3.87. The van der Waals surface area contributed by atoms with Crippen LogP contribution >= 0.6 is 15.9 Å². The molecule has 0 bridgehead atoms. The molecule has 0 saturated carbocycles. The van der Waals surface area contributed by atoms with Gasteiger partial charge < -0.3 is 10.1 Å². The maximum atomic E-state index is 5.19. The van der Waals surface area contributed by atoms with Crippen LogP contribution in [0.5, 0.6) is 0 Å². The molecular weight excluding hydrogens is 218 g/mol. The van der Waals surface area contributed by atoms with Gasteiger partial charge in [0.1, 0.15) is 0 Å². The summed E-state index contributed by atoms with van der Waals surface area (Å²) >= 11 is 3.41. The summed E-state index contributed by atoms with van der Waals surface area (Å²) < 4.78 is 5.19. The van der Waals surface area contributed by atoms with Gasteiger partial charge in [0, 0.05) is 18.5 Å². The fourth-order valence-corrected chi connectivity index (χ4v) is 1.33. The minimum absolute atomic E-state index is 0.825. The molecular formula is C9H20BrNO. The highest BCUT2D eigenvalue weighted by molar-refractivity contribution is 9.09. The van der Waals surface area contributed by atoms with Gasteiger partial charge in [-0.2, -0.15) is 0 Å². The van der Waals surface area contributed by atoms with Crippen LogP contribution in [0.15, 0.2) is 0 Å². The molecule has 0 radical (unpaired) electrons. The molecule has 0 unspecified atom stereocenters. The van der Waals surface area contributed by atoms with E-state index in [1.807, 2.05) is 6.92 Å². The van der Waals surface area contributed by atoms with Crippen molar-refractivity contribution in [1.29, 1.82) is 0 Å². The first-order valence-corrected chi connectivity index (χ1v) is 5.88. The first-order valence-electron chi connectivity index (χ1n) is 4.76. The Morgan fingerprint density at radius 1 is 1.17 bits per heavy atom. The van der Waals surface area contributed by atoms with Crippen molar-refractivity contribution in [2.45, 2.75) is 26.2 Å². The van der Waals surface area contributed by atoms with E-state index in [1.165, 1.54) is 19.3 Å². The molecule has 0 spiro atoms. The highest BCUT2D eigenvalue weighted by Crippen LogP contribution is 1.96. The molecule has 0 amide bonds. The number of hydrogen-bond acceptors (Lipinski definition) is 2. The number of rotatable bonds is 9. The minimum Gasteiger partial charge on any atom is -0.380 e. The van der Waals surface area contributed by atoms with Gasteiger partial charge in [0.15, 0.2) is 0 Å². The van der Waals surface area contributed by atoms with E-state index in [0.29, 0.717) is 0 Å². The monoisotopic (exact) mass is 237 g/mol. The van der Waals surface area contributed by atoms with Crippen LogP contribution in [0.1, 0.15) is 26.2 Å². The average molecular weight is 238 g/mol. The summed E-state index contributed by atoms with van der Waals surface area (Å²) in [4.78, 5) is 0. The van der Waals surface area contributed by atoms with Gasteiger partial charge in [-0.3, -0.25) is 0 Å². The van der Waals surface area contributed by atoms with Gasteiger partial charge in [0.2, 0.25) is 0 Å². The van der Waals surface area contributed by atoms with Crippen molar-refractivity contribution in [3.8, 4) is 0 Å². The fraction of sp³-hybridized carbons (Fsp3) is 1.00. The van der Waals surface area contributed by atoms with Crippen LogP contribution in [0.3, 0.4) is 0 Å². The Bertz CT molecular complexity index is 70.9. The summed E-state index contributed by atoms with van der Waals surface area (Å²) in [5.41, 5.74) is 0. The molecule has 0 fully saturated rings. The van der Waals surface area contributed by atoms with Crippen molar-refractivity contribution >= 4 is 15.9 Å². The van der Waals surface area contributed by atoms with Gasteiger partial charge in [-0.25, -0.2) is 0 Å². The van der Waals surface area contributed by atoms with Gasteiger partial charge in [-0.05, 0) is 26.3 Å². The molecule has 0 aromatic heterocycles. The van der Waals surface area contributed by atoms with Crippen molar-refractivity contribution in [1.82, 2.24) is 5.32 Å². The Morgan fingerprint density at radius 3 is 2.67 bits per heavy atom. The van der Waals surface area contributed by atoms with Crippen molar-refractivity contribution in [2.75, 3.05) is 31.6 Å². The zero-order valence-corrected chi connectivity index (χ0v) is 9.53. The van der Waals surface area contributed by atoms with Crippen molar-refractivity contribution in [3.63, 3.8) is 0 Å². The lowest BCUT2D eigenvalue weighted by Crippen LogP contribution is -2.20. The van der Waals surface area contributed by atoms with Crippen LogP contribution in [-0.2, 0) is 4.74 Å². The molecule has 0 aliphatic heterocycles. The third kappa shape index (κ3) is 10.4. The zero-order valence-electron chi connectivity index (χ0n) is 7.94. The normalized spacial score (nSPS) is 10.5. The van der Waals surface area contributed by atoms with E-state index < -0.39 is 0 Å². The molecule has 0 heterocycles. The van der Waals surface area contributed by atoms with Crippen LogP contribution in [0.2, 0.25) is 0 Å². The molecule has 1 N–H and O–H groups in total. The predicted octanol–water partition coefficient (Wildman–Crippen LogP) is 2.18. The lowest BCUT2D eigenvalue weighted by molar-refractivity contribution is 0.149. The standard InChI is InChI=1S/C9H20BrNO/c1-2-12-9-8-11-7-5-3-4-6-10/h11H,2-9H2,1H3. The summed E-state index contributed by atoms with van der Waals surface area (Å²) in [6.45, 7) is 5.80. The summed E-state index contributed by atoms with van der Waals surface area (Å²) in [7, 11) is 0. The highest BCUT2D eigenvalue weighted by Gasteiger charge is 1.88. The Labute approximate surface area is 84.2 Å². The van der Waals surface area contributed by atoms with Crippen LogP contribution in [0.25, 0.3) is 0 Å². The summed E-state index contributed by atoms with van der Waals surface area (Å²) in [6, 6.07) is 0. The maximum Gasteiger partial charge on any atom is 0.0590 e. The second-order valence-corrected chi connectivity index (χ2v) is 3.49. The molecule has 0 aliphatic carbocycles. The molecule has 3 heteroatoms. The molecule has 0 aromatic carbocycles. The Morgan fingerprint density at radius 2 is 2.00 bits per heavy atom. The number of unbranched alkanes of at least 4 members (excludes halogenated alkanes) is 2. The van der Waals surface area contributed by atoms with Crippen LogP contribution in [0, 0.1) is 0 Å². The van der Waals surface area contributed by atoms with Gasteiger partial charge in [-0.15, -0.1) is 0 Å². The number of alkyl halides is 1. The highest BCUT2D eigenvalue weighted by atomic mass is 79.9. The topological polar surface area (TPSA) is 21.3 Å². The van der Waals surface area contributed by atoms with Gasteiger partial charge in [0.05, 0.1) is 6.61 Å². The quantitative estimate of drug-likeness (QED) is 0.491. The van der Waals surface area contributed by atoms with Crippen LogP contribution in [0.4, 0.5) is 0 Å². The van der Waals surface area contributed by atoms with Gasteiger partial charge in [-0.1, -0.05) is 22.4 Å². The van der Waals surface area contributed by atoms with E-state index >= 15 is 0 Å². The van der Waals surface area contributed by atoms with Crippen LogP contribution in [-0.4, -0.2) is 31.6 Å². The van der Waals surface area contributed by atoms with E-state index in [-0.39, 0.29) is 0 Å². The number of halogens is 1. The van der Waals surface area contributed by atoms with Crippen molar-refractivity contribution < 1.29 is 4.74 Å². The first-order chi connectivity index (χ1) is 5.91. The van der Waals surface area contributed by atoms with E-state index in [1.54, 1.807) is 0 Å². The smallest absolute Gasteiger partial charge is 0.0590 e. The second kappa shape index (κ2) is 11.4. The second-order valence-electron chi connectivity index (χ2n) is 2.70. The number of hydrogen-bond donors (Lipinski definition) is 1. The van der Waals surface area contributed by atoms with Crippen molar-refractivity contribution in [3.05, 3.63) is 0 Å². The molecule has 0 atom stereocenters. The molecule has 2 nitrogen and oxygen atoms in total. The molecule has 12 heavy (non-hydrogen) atoms. The van der Waals surface area contributed by atoms with E-state index in [0.717, 1.165) is 31.6 Å². The van der Waals surface area contributed by atoms with Gasteiger partial charge >= 0.3 is 0 Å². The summed E-state index contributed by atoms with van der Waals surface area (Å²) in [5, 5.41) is 4.47. The van der Waals surface area contributed by atoms with Gasteiger partial charge in [0.25, 0.3) is 0 Å². The minimum atomic E-state index is 0.825. The largest absolute Gasteiger partial charge is 0.380 e. The molecule has 0 saturated heterocycles. The predicted molar refractivity (Wildman–Crippen MR) is 57.0 cm³/mol. The van der Waals surface area contributed by atoms with E-state index in [4.69, 9.17) is 4.74 Å². The first kappa shape index (κ1) is 12.4. The fourth-order valence-electron chi connectivity index (χ4n) is 0.935. The van der Waals surface area contributed by atoms with Crippen molar-refractivity contribution in [2.24, 2.45) is 0 Å². The molecule has 74 valence electrons. The van der Waals surface area contributed by atoms with E-state index in [2.05, 4.69) is 21.2 Å². The van der Waals surface area contributed by atoms with E-state index in [9.17, 15) is 0 Å². The SMILES string of the molecule is CCOCCNCCCCCBr. The zero-order chi connectivity index (χ0) is 9.07.